The number of aromatic nitrogens is 3. The summed E-state index contributed by atoms with van der Waals surface area (Å²) in [7, 11) is 0. The van der Waals surface area contributed by atoms with Gasteiger partial charge in [-0.1, -0.05) is 47.7 Å². The van der Waals surface area contributed by atoms with Crippen molar-refractivity contribution in [2.75, 3.05) is 0 Å². The Morgan fingerprint density at radius 2 is 1.74 bits per heavy atom. The Bertz CT molecular complexity index is 655. The Morgan fingerprint density at radius 3 is 2.47 bits per heavy atom. The molecule has 0 bridgehead atoms. The van der Waals surface area contributed by atoms with Gasteiger partial charge in [-0.2, -0.15) is 0 Å². The first-order valence-corrected chi connectivity index (χ1v) is 7.04. The van der Waals surface area contributed by atoms with E-state index in [1.54, 1.807) is 6.20 Å². The van der Waals surface area contributed by atoms with Gasteiger partial charge in [-0.15, -0.1) is 21.8 Å². The minimum absolute atomic E-state index is 0.267. The second kappa shape index (κ2) is 5.47. The molecule has 0 aliphatic heterocycles. The number of rotatable bonds is 3. The van der Waals surface area contributed by atoms with Gasteiger partial charge in [0.05, 0.1) is 0 Å². The van der Waals surface area contributed by atoms with Gasteiger partial charge >= 0.3 is 0 Å². The van der Waals surface area contributed by atoms with Gasteiger partial charge in [0.2, 0.25) is 0 Å². The summed E-state index contributed by atoms with van der Waals surface area (Å²) in [6.45, 7) is 0. The number of alkyl halides is 1. The monoisotopic (exact) mass is 287 g/mol. The number of hydrogen-bond acceptors (Lipinski definition) is 4. The van der Waals surface area contributed by atoms with Crippen LogP contribution < -0.4 is 0 Å². The lowest BCUT2D eigenvalue weighted by molar-refractivity contribution is 0.985. The summed E-state index contributed by atoms with van der Waals surface area (Å²) in [6, 6.07) is 15.6. The molecule has 0 saturated heterocycles. The summed E-state index contributed by atoms with van der Waals surface area (Å²) in [4.78, 5) is 4.26. The van der Waals surface area contributed by atoms with E-state index in [-0.39, 0.29) is 5.38 Å². The third-order valence-electron chi connectivity index (χ3n) is 2.63. The predicted molar refractivity (Wildman–Crippen MR) is 77.3 cm³/mol. The molecular weight excluding hydrogens is 278 g/mol. The van der Waals surface area contributed by atoms with Crippen molar-refractivity contribution in [2.45, 2.75) is 5.38 Å². The Morgan fingerprint density at radius 1 is 0.947 bits per heavy atom. The Balaban J connectivity index is 1.90. The number of pyridine rings is 1. The molecule has 3 rings (SSSR count). The molecule has 3 aromatic rings. The van der Waals surface area contributed by atoms with Crippen molar-refractivity contribution in [3.05, 3.63) is 65.3 Å². The van der Waals surface area contributed by atoms with Gasteiger partial charge in [0.1, 0.15) is 16.1 Å². The largest absolute Gasteiger partial charge is 0.254 e. The fraction of sp³-hybridized carbons (Fsp3) is 0.0714. The van der Waals surface area contributed by atoms with Crippen LogP contribution in [0.3, 0.4) is 0 Å². The van der Waals surface area contributed by atoms with Crippen LogP contribution in [0.5, 0.6) is 0 Å². The zero-order valence-corrected chi connectivity index (χ0v) is 11.5. The minimum atomic E-state index is -0.267. The fourth-order valence-corrected chi connectivity index (χ4v) is 2.84. The molecule has 0 aliphatic rings. The number of nitrogens with zero attached hydrogens (tertiary/aromatic N) is 3. The predicted octanol–water partition coefficient (Wildman–Crippen LogP) is 3.93. The quantitative estimate of drug-likeness (QED) is 0.685. The highest BCUT2D eigenvalue weighted by Crippen LogP contribution is 2.33. The molecule has 5 heteroatoms. The van der Waals surface area contributed by atoms with Crippen molar-refractivity contribution in [3.8, 4) is 10.7 Å². The van der Waals surface area contributed by atoms with Gasteiger partial charge in [0, 0.05) is 6.20 Å². The molecule has 0 saturated carbocycles. The molecule has 2 aromatic heterocycles. The van der Waals surface area contributed by atoms with Gasteiger partial charge in [0.15, 0.2) is 5.01 Å². The third kappa shape index (κ3) is 2.64. The van der Waals surface area contributed by atoms with Gasteiger partial charge in [-0.3, -0.25) is 4.98 Å². The maximum Gasteiger partial charge on any atom is 0.166 e. The molecule has 0 amide bonds. The van der Waals surface area contributed by atoms with Crippen LogP contribution in [0.25, 0.3) is 10.7 Å². The van der Waals surface area contributed by atoms with Crippen LogP contribution in [0.2, 0.25) is 0 Å². The first kappa shape index (κ1) is 12.3. The maximum absolute atomic E-state index is 6.42. The standard InChI is InChI=1S/C14H10ClN3S/c15-12(10-6-2-1-3-7-10)14-18-17-13(19-14)11-8-4-5-9-16-11/h1-9,12H. The molecule has 1 atom stereocenters. The van der Waals surface area contributed by atoms with Crippen molar-refractivity contribution in [1.29, 1.82) is 0 Å². The highest BCUT2D eigenvalue weighted by Gasteiger charge is 2.16. The Kier molecular flexibility index (Phi) is 3.53. The smallest absolute Gasteiger partial charge is 0.166 e. The summed E-state index contributed by atoms with van der Waals surface area (Å²) in [6.07, 6.45) is 1.74. The number of hydrogen-bond donors (Lipinski definition) is 0. The van der Waals surface area contributed by atoms with E-state index in [0.29, 0.717) is 0 Å². The number of halogens is 1. The van der Waals surface area contributed by atoms with Crippen molar-refractivity contribution in [1.82, 2.24) is 15.2 Å². The molecule has 1 unspecified atom stereocenters. The minimum Gasteiger partial charge on any atom is -0.254 e. The zero-order chi connectivity index (χ0) is 13.1. The first-order chi connectivity index (χ1) is 9.34. The molecular formula is C14H10ClN3S. The molecule has 0 radical (unpaired) electrons. The third-order valence-corrected chi connectivity index (χ3v) is 4.23. The van der Waals surface area contributed by atoms with Crippen LogP contribution >= 0.6 is 22.9 Å². The van der Waals surface area contributed by atoms with Crippen LogP contribution in [0.15, 0.2) is 54.7 Å². The van der Waals surface area contributed by atoms with Crippen molar-refractivity contribution >= 4 is 22.9 Å². The molecule has 2 heterocycles. The van der Waals surface area contributed by atoms with Crippen LogP contribution in [-0.4, -0.2) is 15.2 Å². The van der Waals surface area contributed by atoms with Gasteiger partial charge < -0.3 is 0 Å². The van der Waals surface area contributed by atoms with E-state index in [1.165, 1.54) is 11.3 Å². The molecule has 0 N–H and O–H groups in total. The molecule has 1 aromatic carbocycles. The summed E-state index contributed by atoms with van der Waals surface area (Å²) in [5.41, 5.74) is 1.84. The molecule has 94 valence electrons. The van der Waals surface area contributed by atoms with E-state index in [1.807, 2.05) is 48.5 Å². The lowest BCUT2D eigenvalue weighted by Gasteiger charge is -2.04. The fourth-order valence-electron chi connectivity index (χ4n) is 1.69. The SMILES string of the molecule is ClC(c1ccccc1)c1nnc(-c2ccccn2)s1. The van der Waals surface area contributed by atoms with Crippen LogP contribution in [0.4, 0.5) is 0 Å². The van der Waals surface area contributed by atoms with E-state index in [4.69, 9.17) is 11.6 Å². The molecule has 0 aliphatic carbocycles. The van der Waals surface area contributed by atoms with Crippen molar-refractivity contribution in [3.63, 3.8) is 0 Å². The average Bonchev–Trinajstić information content (AvgIpc) is 2.98. The van der Waals surface area contributed by atoms with E-state index in [2.05, 4.69) is 15.2 Å². The van der Waals surface area contributed by atoms with Crippen LogP contribution in [-0.2, 0) is 0 Å². The van der Waals surface area contributed by atoms with Gasteiger partial charge in [-0.25, -0.2) is 0 Å². The van der Waals surface area contributed by atoms with E-state index in [0.717, 1.165) is 21.3 Å². The molecule has 0 spiro atoms. The summed E-state index contributed by atoms with van der Waals surface area (Å²) in [5, 5.41) is 9.63. The first-order valence-electron chi connectivity index (χ1n) is 5.78. The molecule has 0 fully saturated rings. The number of benzene rings is 1. The molecule has 3 nitrogen and oxygen atoms in total. The van der Waals surface area contributed by atoms with Crippen molar-refractivity contribution < 1.29 is 0 Å². The normalized spacial score (nSPS) is 12.3. The maximum atomic E-state index is 6.42. The second-order valence-corrected chi connectivity index (χ2v) is 5.38. The summed E-state index contributed by atoms with van der Waals surface area (Å²) < 4.78 is 0. The highest BCUT2D eigenvalue weighted by atomic mass is 35.5. The summed E-state index contributed by atoms with van der Waals surface area (Å²) in [5.74, 6) is 0. The van der Waals surface area contributed by atoms with E-state index >= 15 is 0 Å². The summed E-state index contributed by atoms with van der Waals surface area (Å²) >= 11 is 7.89. The van der Waals surface area contributed by atoms with Gasteiger partial charge in [0.25, 0.3) is 0 Å². The average molecular weight is 288 g/mol. The van der Waals surface area contributed by atoms with Gasteiger partial charge in [-0.05, 0) is 17.7 Å². The van der Waals surface area contributed by atoms with E-state index < -0.39 is 0 Å². The Labute approximate surface area is 119 Å². The lowest BCUT2D eigenvalue weighted by Crippen LogP contribution is -1.91. The van der Waals surface area contributed by atoms with Crippen LogP contribution in [0.1, 0.15) is 15.9 Å². The topological polar surface area (TPSA) is 38.7 Å². The van der Waals surface area contributed by atoms with Crippen LogP contribution in [0, 0.1) is 0 Å². The second-order valence-electron chi connectivity index (χ2n) is 3.93. The molecule has 19 heavy (non-hydrogen) atoms. The highest BCUT2D eigenvalue weighted by molar-refractivity contribution is 7.15. The van der Waals surface area contributed by atoms with E-state index in [9.17, 15) is 0 Å². The Hall–Kier alpha value is -1.78. The lowest BCUT2D eigenvalue weighted by atomic mass is 10.1. The van der Waals surface area contributed by atoms with Crippen molar-refractivity contribution in [2.24, 2.45) is 0 Å². The zero-order valence-electron chi connectivity index (χ0n) is 9.90.